The van der Waals surface area contributed by atoms with Crippen molar-refractivity contribution in [1.29, 1.82) is 0 Å². The summed E-state index contributed by atoms with van der Waals surface area (Å²) in [6, 6.07) is 12.9. The predicted octanol–water partition coefficient (Wildman–Crippen LogP) is 5.08. The van der Waals surface area contributed by atoms with Crippen molar-refractivity contribution in [3.63, 3.8) is 0 Å². The highest BCUT2D eigenvalue weighted by molar-refractivity contribution is 5.86. The second-order valence-electron chi connectivity index (χ2n) is 13.7. The van der Waals surface area contributed by atoms with Gasteiger partial charge in [0.15, 0.2) is 0 Å². The summed E-state index contributed by atoms with van der Waals surface area (Å²) in [5.74, 6) is 8.23. The van der Waals surface area contributed by atoms with E-state index in [0.717, 1.165) is 77.2 Å². The summed E-state index contributed by atoms with van der Waals surface area (Å²) in [5.41, 5.74) is 5.39. The molecular formula is C39H50N8O4. The zero-order valence-corrected chi connectivity index (χ0v) is 30.4. The fourth-order valence-electron chi connectivity index (χ4n) is 6.48. The number of benzene rings is 2. The van der Waals surface area contributed by atoms with Crippen LogP contribution in [0.2, 0.25) is 0 Å². The van der Waals surface area contributed by atoms with Crippen LogP contribution in [-0.2, 0) is 20.7 Å². The van der Waals surface area contributed by atoms with Gasteiger partial charge in [-0.15, -0.1) is 0 Å². The molecule has 3 amide bonds. The Morgan fingerprint density at radius 2 is 1.71 bits per heavy atom. The minimum atomic E-state index is -0.681. The number of fused-ring (bicyclic) bond motifs is 1. The second-order valence-corrected chi connectivity index (χ2v) is 13.7. The molecule has 51 heavy (non-hydrogen) atoms. The van der Waals surface area contributed by atoms with E-state index in [0.29, 0.717) is 13.1 Å². The molecule has 1 saturated heterocycles. The van der Waals surface area contributed by atoms with Crippen LogP contribution in [0.1, 0.15) is 82.2 Å². The summed E-state index contributed by atoms with van der Waals surface area (Å²) < 4.78 is 4.75. The first kappa shape index (κ1) is 37.1. The summed E-state index contributed by atoms with van der Waals surface area (Å²) in [4.78, 5) is 55.7. The van der Waals surface area contributed by atoms with Crippen molar-refractivity contribution in [2.75, 3.05) is 27.2 Å². The molecule has 4 aromatic rings. The van der Waals surface area contributed by atoms with Crippen molar-refractivity contribution in [2.45, 2.75) is 77.9 Å². The fourth-order valence-corrected chi connectivity index (χ4v) is 6.48. The van der Waals surface area contributed by atoms with Crippen LogP contribution < -0.4 is 16.0 Å². The third-order valence-electron chi connectivity index (χ3n) is 9.32. The molecule has 3 atom stereocenters. The maximum atomic E-state index is 13.5. The number of methoxy groups -OCH3 is 1. The number of hydrogen-bond acceptors (Lipinski definition) is 7. The normalized spacial score (nSPS) is 15.5. The van der Waals surface area contributed by atoms with Gasteiger partial charge in [0.05, 0.1) is 42.1 Å². The van der Waals surface area contributed by atoms with Crippen LogP contribution in [0.5, 0.6) is 0 Å². The average Bonchev–Trinajstić information content (AvgIpc) is 3.89. The zero-order valence-electron chi connectivity index (χ0n) is 30.4. The lowest BCUT2D eigenvalue weighted by atomic mass is 10.0. The Bertz CT molecular complexity index is 1870. The first-order valence-corrected chi connectivity index (χ1v) is 17.8. The van der Waals surface area contributed by atoms with Crippen molar-refractivity contribution in [3.8, 4) is 23.1 Å². The highest BCUT2D eigenvalue weighted by Gasteiger charge is 2.37. The zero-order chi connectivity index (χ0) is 36.5. The number of aryl methyl sites for hydroxylation is 1. The number of aromatic amines is 2. The molecule has 270 valence electrons. The molecule has 1 aliphatic heterocycles. The van der Waals surface area contributed by atoms with Gasteiger partial charge in [0.1, 0.15) is 17.7 Å². The SMILES string of the molecule is CN[C@H](C(=O)NCCCCc1ncc(-c2ccc(C#Cc3ccc4nc(C5CCCN5C(=O)C(NC(=O)OC)C(C)C)[nH]c4c3)cc2)[nH]1)C(C)C. The van der Waals surface area contributed by atoms with E-state index in [1.807, 2.05) is 88.3 Å². The average molecular weight is 695 g/mol. The molecule has 3 heterocycles. The third-order valence-corrected chi connectivity index (χ3v) is 9.32. The minimum absolute atomic E-state index is 0.0458. The summed E-state index contributed by atoms with van der Waals surface area (Å²) >= 11 is 0. The first-order valence-electron chi connectivity index (χ1n) is 17.8. The molecule has 0 bridgehead atoms. The molecule has 2 aromatic heterocycles. The van der Waals surface area contributed by atoms with Crippen LogP contribution >= 0.6 is 0 Å². The number of likely N-dealkylation sites (tertiary alicyclic amines) is 1. The lowest BCUT2D eigenvalue weighted by Gasteiger charge is -2.29. The molecule has 2 unspecified atom stereocenters. The topological polar surface area (TPSA) is 157 Å². The Labute approximate surface area is 299 Å². The number of aromatic nitrogens is 4. The lowest BCUT2D eigenvalue weighted by Crippen LogP contribution is -2.51. The van der Waals surface area contributed by atoms with Crippen LogP contribution in [0, 0.1) is 23.7 Å². The standard InChI is InChI=1S/C39H50N8O4/c1-24(2)34(40-5)37(48)41-20-8-7-11-33-42-23-31(43-33)28-17-14-26(15-18-28)12-13-27-16-19-29-30(22-27)45-36(44-29)32-10-9-21-47(32)38(49)35(25(3)4)46-39(50)51-6/h14-19,22-25,32,34-35,40H,7-11,20-21H2,1-6H3,(H,41,48)(H,42,43)(H,44,45)(H,46,50)/t32?,34-,35?/m0/s1. The van der Waals surface area contributed by atoms with Crippen molar-refractivity contribution in [2.24, 2.45) is 11.8 Å². The Kier molecular flexibility index (Phi) is 12.5. The number of ether oxygens (including phenoxy) is 1. The minimum Gasteiger partial charge on any atom is -0.453 e. The van der Waals surface area contributed by atoms with E-state index in [9.17, 15) is 14.4 Å². The molecule has 2 aromatic carbocycles. The molecule has 0 saturated carbocycles. The van der Waals surface area contributed by atoms with Gasteiger partial charge in [0.25, 0.3) is 0 Å². The van der Waals surface area contributed by atoms with Gasteiger partial charge < -0.3 is 35.6 Å². The van der Waals surface area contributed by atoms with E-state index in [1.54, 1.807) is 0 Å². The van der Waals surface area contributed by atoms with Gasteiger partial charge in [-0.2, -0.15) is 0 Å². The third kappa shape index (κ3) is 9.35. The number of likely N-dealkylation sites (N-methyl/N-ethyl adjacent to an activating group) is 1. The number of rotatable bonds is 13. The van der Waals surface area contributed by atoms with Crippen LogP contribution in [0.4, 0.5) is 4.79 Å². The fraction of sp³-hybridized carbons (Fsp3) is 0.462. The molecule has 5 rings (SSSR count). The van der Waals surface area contributed by atoms with Gasteiger partial charge in [-0.3, -0.25) is 9.59 Å². The molecule has 0 radical (unpaired) electrons. The van der Waals surface area contributed by atoms with Crippen molar-refractivity contribution in [3.05, 3.63) is 71.4 Å². The highest BCUT2D eigenvalue weighted by Crippen LogP contribution is 2.33. The number of carbonyl (C=O) groups excluding carboxylic acids is 3. The Hall–Kier alpha value is -5.15. The van der Waals surface area contributed by atoms with E-state index >= 15 is 0 Å². The number of amides is 3. The number of H-pyrrole nitrogens is 2. The smallest absolute Gasteiger partial charge is 0.407 e. The number of imidazole rings is 2. The highest BCUT2D eigenvalue weighted by atomic mass is 16.5. The summed E-state index contributed by atoms with van der Waals surface area (Å²) in [6.07, 6.45) is 5.49. The summed E-state index contributed by atoms with van der Waals surface area (Å²) in [7, 11) is 3.11. The second kappa shape index (κ2) is 17.2. The lowest BCUT2D eigenvalue weighted by molar-refractivity contribution is -0.135. The molecule has 0 aliphatic carbocycles. The van der Waals surface area contributed by atoms with Crippen LogP contribution in [-0.4, -0.2) is 82.1 Å². The molecular weight excluding hydrogens is 644 g/mol. The van der Waals surface area contributed by atoms with E-state index in [2.05, 4.69) is 42.7 Å². The van der Waals surface area contributed by atoms with Gasteiger partial charge in [-0.1, -0.05) is 51.7 Å². The predicted molar refractivity (Wildman–Crippen MR) is 198 cm³/mol. The van der Waals surface area contributed by atoms with Crippen LogP contribution in [0.3, 0.4) is 0 Å². The number of hydrogen-bond donors (Lipinski definition) is 5. The van der Waals surface area contributed by atoms with Gasteiger partial charge >= 0.3 is 6.09 Å². The van der Waals surface area contributed by atoms with Gasteiger partial charge in [0.2, 0.25) is 11.8 Å². The summed E-state index contributed by atoms with van der Waals surface area (Å²) in [6.45, 7) is 9.12. The number of nitrogens with zero attached hydrogens (tertiary/aromatic N) is 3. The van der Waals surface area contributed by atoms with E-state index in [1.165, 1.54) is 7.11 Å². The van der Waals surface area contributed by atoms with Crippen molar-refractivity contribution < 1.29 is 19.1 Å². The maximum Gasteiger partial charge on any atom is 0.407 e. The Morgan fingerprint density at radius 3 is 2.41 bits per heavy atom. The van der Waals surface area contributed by atoms with E-state index in [-0.39, 0.29) is 35.7 Å². The first-order chi connectivity index (χ1) is 24.6. The van der Waals surface area contributed by atoms with E-state index < -0.39 is 12.1 Å². The quantitative estimate of drug-likeness (QED) is 0.0965. The largest absolute Gasteiger partial charge is 0.453 e. The van der Waals surface area contributed by atoms with Crippen molar-refractivity contribution >= 4 is 28.9 Å². The van der Waals surface area contributed by atoms with Crippen LogP contribution in [0.25, 0.3) is 22.3 Å². The van der Waals surface area contributed by atoms with Gasteiger partial charge in [-0.05, 0) is 80.5 Å². The molecule has 0 spiro atoms. The molecule has 12 nitrogen and oxygen atoms in total. The monoisotopic (exact) mass is 694 g/mol. The number of carbonyl (C=O) groups is 3. The van der Waals surface area contributed by atoms with Crippen LogP contribution in [0.15, 0.2) is 48.7 Å². The molecule has 1 aliphatic rings. The molecule has 12 heteroatoms. The number of unbranched alkanes of at least 4 members (excludes halogenated alkanes) is 1. The summed E-state index contributed by atoms with van der Waals surface area (Å²) in [5, 5.41) is 8.79. The van der Waals surface area contributed by atoms with Gasteiger partial charge in [0, 0.05) is 30.6 Å². The Balaban J connectivity index is 1.16. The number of alkyl carbamates (subject to hydrolysis) is 1. The molecule has 1 fully saturated rings. The Morgan fingerprint density at radius 1 is 0.980 bits per heavy atom. The maximum absolute atomic E-state index is 13.5. The van der Waals surface area contributed by atoms with E-state index in [4.69, 9.17) is 9.72 Å². The van der Waals surface area contributed by atoms with Crippen molar-refractivity contribution in [1.82, 2.24) is 40.8 Å². The molecule has 5 N–H and O–H groups in total. The number of nitrogens with one attached hydrogen (secondary N) is 5. The van der Waals surface area contributed by atoms with Gasteiger partial charge in [-0.25, -0.2) is 14.8 Å².